The zero-order chi connectivity index (χ0) is 29.3. The van der Waals surface area contributed by atoms with Gasteiger partial charge in [0, 0.05) is 16.4 Å². The number of rotatable bonds is 6. The number of hydrogen-bond acceptors (Lipinski definition) is 7. The van der Waals surface area contributed by atoms with Crippen molar-refractivity contribution in [2.45, 2.75) is 96.4 Å². The fourth-order valence-electron chi connectivity index (χ4n) is 5.48. The number of hydrogen-bond donors (Lipinski definition) is 0. The molecule has 1 aromatic heterocycles. The molecular formula is C32H37NO6Si. The van der Waals surface area contributed by atoms with E-state index in [1.54, 1.807) is 18.2 Å². The monoisotopic (exact) mass is 559 g/mol. The first-order valence-electron chi connectivity index (χ1n) is 13.6. The van der Waals surface area contributed by atoms with Gasteiger partial charge in [-0.15, -0.1) is 0 Å². The van der Waals surface area contributed by atoms with Crippen LogP contribution < -0.4 is 4.74 Å². The zero-order valence-corrected chi connectivity index (χ0v) is 25.7. The first-order chi connectivity index (χ1) is 18.5. The number of furan rings is 1. The van der Waals surface area contributed by atoms with Gasteiger partial charge in [-0.3, -0.25) is 4.79 Å². The Labute approximate surface area is 238 Å². The van der Waals surface area contributed by atoms with Crippen LogP contribution in [0, 0.1) is 11.3 Å². The van der Waals surface area contributed by atoms with Gasteiger partial charge < -0.3 is 23.1 Å². The smallest absolute Gasteiger partial charge is 0.236 e. The molecule has 1 aliphatic heterocycles. The molecule has 3 aromatic rings. The lowest BCUT2D eigenvalue weighted by Crippen LogP contribution is -2.48. The van der Waals surface area contributed by atoms with Crippen LogP contribution in [0.5, 0.6) is 5.75 Å². The summed E-state index contributed by atoms with van der Waals surface area (Å²) in [6.07, 6.45) is -0.679. The highest BCUT2D eigenvalue weighted by atomic mass is 28.2. The highest BCUT2D eigenvalue weighted by Gasteiger charge is 2.50. The Hall–Kier alpha value is -2.96. The maximum absolute atomic E-state index is 13.6. The van der Waals surface area contributed by atoms with E-state index in [1.807, 2.05) is 59.7 Å². The predicted octanol–water partition coefficient (Wildman–Crippen LogP) is 6.71. The average molecular weight is 560 g/mol. The summed E-state index contributed by atoms with van der Waals surface area (Å²) in [6, 6.07) is 12.9. The Balaban J connectivity index is 1.40. The SMILES string of the molecule is CC1(C)O[C@@H](C(C)(C)O[Si]C(C)(C)C)[C@@H](COc2ccc3c(c2)C(C)(C)c2oc4cc(C#N)ccc4c2C3=O)O1. The van der Waals surface area contributed by atoms with Gasteiger partial charge >= 0.3 is 0 Å². The summed E-state index contributed by atoms with van der Waals surface area (Å²) in [7, 11) is 0.308. The maximum atomic E-state index is 13.6. The number of ether oxygens (including phenoxy) is 3. The Morgan fingerprint density at radius 1 is 1.02 bits per heavy atom. The molecule has 2 heterocycles. The molecule has 7 nitrogen and oxygen atoms in total. The predicted molar refractivity (Wildman–Crippen MR) is 153 cm³/mol. The summed E-state index contributed by atoms with van der Waals surface area (Å²) in [4.78, 5) is 13.6. The maximum Gasteiger partial charge on any atom is 0.236 e. The molecule has 0 spiro atoms. The topological polar surface area (TPSA) is 90.9 Å². The first-order valence-corrected chi connectivity index (χ1v) is 14.5. The third-order valence-corrected chi connectivity index (χ3v) is 8.67. The lowest BCUT2D eigenvalue weighted by atomic mass is 9.71. The van der Waals surface area contributed by atoms with Gasteiger partial charge in [0.25, 0.3) is 0 Å². The minimum absolute atomic E-state index is 0.0450. The molecule has 210 valence electrons. The second-order valence-corrected chi connectivity index (χ2v) is 15.2. The largest absolute Gasteiger partial charge is 0.491 e. The van der Waals surface area contributed by atoms with Gasteiger partial charge in [-0.1, -0.05) is 20.8 Å². The zero-order valence-electron chi connectivity index (χ0n) is 24.7. The van der Waals surface area contributed by atoms with E-state index in [0.29, 0.717) is 43.5 Å². The molecular weight excluding hydrogens is 522 g/mol. The van der Waals surface area contributed by atoms with Gasteiger partial charge in [-0.25, -0.2) is 0 Å². The summed E-state index contributed by atoms with van der Waals surface area (Å²) in [6.45, 7) is 18.7. The van der Waals surface area contributed by atoms with Crippen LogP contribution in [-0.2, 0) is 19.3 Å². The summed E-state index contributed by atoms with van der Waals surface area (Å²) >= 11 is 0. The fourth-order valence-corrected chi connectivity index (χ4v) is 6.17. The molecule has 40 heavy (non-hydrogen) atoms. The standard InChI is InChI=1S/C32H37NO6Si/c1-29(2,3)40-39-31(6,7)27-24(37-32(8,9)38-27)17-35-19-11-13-20-22(15-19)30(4,5)28-25(26(20)34)21-12-10-18(16-33)14-23(21)36-28/h10-15,24,27H,17H2,1-9H3/t24-,27-/m1/s1. The molecule has 1 saturated heterocycles. The van der Waals surface area contributed by atoms with Gasteiger partial charge in [0.2, 0.25) is 9.76 Å². The van der Waals surface area contributed by atoms with Gasteiger partial charge in [0.1, 0.15) is 35.9 Å². The third-order valence-electron chi connectivity index (χ3n) is 7.43. The van der Waals surface area contributed by atoms with Crippen molar-refractivity contribution in [3.05, 3.63) is 64.4 Å². The first kappa shape index (κ1) is 28.6. The van der Waals surface area contributed by atoms with Crippen molar-refractivity contribution in [1.82, 2.24) is 0 Å². The van der Waals surface area contributed by atoms with E-state index < -0.39 is 16.8 Å². The minimum Gasteiger partial charge on any atom is -0.491 e. The molecule has 0 N–H and O–H groups in total. The molecule has 2 atom stereocenters. The molecule has 1 fully saturated rings. The second kappa shape index (κ2) is 9.56. The second-order valence-electron chi connectivity index (χ2n) is 13.3. The Morgan fingerprint density at radius 3 is 2.42 bits per heavy atom. The lowest BCUT2D eigenvalue weighted by Gasteiger charge is -2.36. The van der Waals surface area contributed by atoms with E-state index in [2.05, 4.69) is 26.8 Å². The summed E-state index contributed by atoms with van der Waals surface area (Å²) in [5, 5.41) is 10.1. The molecule has 2 aromatic carbocycles. The van der Waals surface area contributed by atoms with Crippen LogP contribution in [-0.4, -0.2) is 45.7 Å². The van der Waals surface area contributed by atoms with Crippen LogP contribution in [0.15, 0.2) is 40.8 Å². The Morgan fingerprint density at radius 2 is 1.75 bits per heavy atom. The van der Waals surface area contributed by atoms with Crippen LogP contribution >= 0.6 is 0 Å². The van der Waals surface area contributed by atoms with Crippen LogP contribution in [0.25, 0.3) is 11.0 Å². The van der Waals surface area contributed by atoms with E-state index in [4.69, 9.17) is 23.1 Å². The van der Waals surface area contributed by atoms with Crippen molar-refractivity contribution in [3.63, 3.8) is 0 Å². The molecule has 1 aliphatic carbocycles. The van der Waals surface area contributed by atoms with Crippen molar-refractivity contribution in [3.8, 4) is 11.8 Å². The molecule has 8 heteroatoms. The van der Waals surface area contributed by atoms with Crippen molar-refractivity contribution < 1.29 is 27.8 Å². The third kappa shape index (κ3) is 5.12. The summed E-state index contributed by atoms with van der Waals surface area (Å²) < 4.78 is 31.4. The normalized spacial score (nSPS) is 21.6. The van der Waals surface area contributed by atoms with Gasteiger partial charge in [-0.05, 0) is 88.5 Å². The van der Waals surface area contributed by atoms with Crippen molar-refractivity contribution in [1.29, 1.82) is 5.26 Å². The van der Waals surface area contributed by atoms with E-state index in [-0.39, 0.29) is 29.6 Å². The highest BCUT2D eigenvalue weighted by molar-refractivity contribution is 6.31. The lowest BCUT2D eigenvalue weighted by molar-refractivity contribution is -0.162. The summed E-state index contributed by atoms with van der Waals surface area (Å²) in [5.41, 5.74) is 1.87. The molecule has 0 unspecified atom stereocenters. The molecule has 0 bridgehead atoms. The molecule has 5 rings (SSSR count). The van der Waals surface area contributed by atoms with Crippen LogP contribution in [0.1, 0.15) is 95.1 Å². The number of fused-ring (bicyclic) bond motifs is 4. The van der Waals surface area contributed by atoms with E-state index in [1.165, 1.54) is 0 Å². The van der Waals surface area contributed by atoms with E-state index in [9.17, 15) is 10.1 Å². The van der Waals surface area contributed by atoms with Crippen LogP contribution in [0.4, 0.5) is 0 Å². The molecule has 2 aliphatic rings. The number of carbonyl (C=O) groups is 1. The van der Waals surface area contributed by atoms with Gasteiger partial charge in [0.05, 0.1) is 22.8 Å². The average Bonchev–Trinajstić information content (AvgIpc) is 3.42. The number of nitrogens with zero attached hydrogens (tertiary/aromatic N) is 1. The van der Waals surface area contributed by atoms with Crippen molar-refractivity contribution >= 4 is 26.5 Å². The minimum atomic E-state index is -0.766. The van der Waals surface area contributed by atoms with Gasteiger partial charge in [-0.2, -0.15) is 5.26 Å². The Bertz CT molecular complexity index is 1520. The quantitative estimate of drug-likeness (QED) is 0.310. The molecule has 2 radical (unpaired) electrons. The van der Waals surface area contributed by atoms with Gasteiger partial charge in [0.15, 0.2) is 11.6 Å². The summed E-state index contributed by atoms with van der Waals surface area (Å²) in [5.74, 6) is 0.373. The number of benzene rings is 2. The number of nitriles is 1. The highest BCUT2D eigenvalue weighted by Crippen LogP contribution is 2.46. The van der Waals surface area contributed by atoms with Crippen LogP contribution in [0.3, 0.4) is 0 Å². The van der Waals surface area contributed by atoms with Crippen LogP contribution in [0.2, 0.25) is 5.04 Å². The van der Waals surface area contributed by atoms with E-state index >= 15 is 0 Å². The number of carbonyl (C=O) groups excluding carboxylic acids is 1. The van der Waals surface area contributed by atoms with E-state index in [0.717, 1.165) is 10.9 Å². The Kier molecular flexibility index (Phi) is 6.82. The van der Waals surface area contributed by atoms with Crippen molar-refractivity contribution in [2.75, 3.05) is 6.61 Å². The number of ketones is 1. The molecule has 0 amide bonds. The fraction of sp³-hybridized carbons (Fsp3) is 0.500. The molecule has 0 saturated carbocycles. The van der Waals surface area contributed by atoms with Crippen molar-refractivity contribution in [2.24, 2.45) is 0 Å².